The highest BCUT2D eigenvalue weighted by Gasteiger charge is 1.92. The summed E-state index contributed by atoms with van der Waals surface area (Å²) < 4.78 is 0. The van der Waals surface area contributed by atoms with Crippen LogP contribution in [0.3, 0.4) is 0 Å². The molecule has 86 valence electrons. The van der Waals surface area contributed by atoms with Crippen LogP contribution in [-0.2, 0) is 4.79 Å². The number of unbranched alkanes of at least 4 members (excludes halogenated alkanes) is 1. The molecule has 15 heavy (non-hydrogen) atoms. The minimum atomic E-state index is 0.281. The van der Waals surface area contributed by atoms with E-state index in [1.54, 1.807) is 6.92 Å². The molecule has 0 radical (unpaired) electrons. The Morgan fingerprint density at radius 1 is 0.933 bits per heavy atom. The van der Waals surface area contributed by atoms with Crippen molar-refractivity contribution in [1.82, 2.24) is 0 Å². The molecule has 0 aromatic heterocycles. The first kappa shape index (κ1) is 14.2. The Morgan fingerprint density at radius 3 is 2.13 bits per heavy atom. The number of rotatable bonds is 7. The molecule has 0 bridgehead atoms. The van der Waals surface area contributed by atoms with Crippen molar-refractivity contribution in [3.8, 4) is 0 Å². The van der Waals surface area contributed by atoms with Crippen LogP contribution in [0.4, 0.5) is 0 Å². The molecule has 0 aliphatic carbocycles. The molecule has 0 spiro atoms. The fourth-order valence-electron chi connectivity index (χ4n) is 1.40. The van der Waals surface area contributed by atoms with Gasteiger partial charge in [0.1, 0.15) is 5.78 Å². The van der Waals surface area contributed by atoms with Gasteiger partial charge in [-0.2, -0.15) is 0 Å². The summed E-state index contributed by atoms with van der Waals surface area (Å²) in [6, 6.07) is 0. The Labute approximate surface area is 94.3 Å². The Kier molecular flexibility index (Phi) is 7.98. The summed E-state index contributed by atoms with van der Waals surface area (Å²) >= 11 is 0. The van der Waals surface area contributed by atoms with Crippen LogP contribution < -0.4 is 0 Å². The lowest BCUT2D eigenvalue weighted by Gasteiger charge is -1.99. The number of ketones is 1. The molecule has 0 aromatic rings. The van der Waals surface area contributed by atoms with Gasteiger partial charge in [-0.05, 0) is 53.4 Å². The number of Topliss-reactive ketones (excluding diaryl/α,β-unsaturated/α-hetero) is 1. The monoisotopic (exact) mass is 208 g/mol. The Morgan fingerprint density at radius 2 is 1.60 bits per heavy atom. The molecule has 0 aliphatic heterocycles. The number of hydrogen-bond donors (Lipinski definition) is 0. The molecule has 0 aliphatic rings. The van der Waals surface area contributed by atoms with Crippen molar-refractivity contribution in [3.05, 3.63) is 23.3 Å². The molecule has 0 heterocycles. The number of allylic oxidation sites excluding steroid dienone is 4. The summed E-state index contributed by atoms with van der Waals surface area (Å²) in [6.07, 6.45) is 9.61. The van der Waals surface area contributed by atoms with Crippen LogP contribution in [0.5, 0.6) is 0 Å². The lowest BCUT2D eigenvalue weighted by atomic mass is 10.1. The first-order valence-corrected chi connectivity index (χ1v) is 5.81. The van der Waals surface area contributed by atoms with Gasteiger partial charge in [0, 0.05) is 6.42 Å². The van der Waals surface area contributed by atoms with Gasteiger partial charge in [0.05, 0.1) is 0 Å². The first-order chi connectivity index (χ1) is 7.02. The molecule has 0 atom stereocenters. The normalized spacial score (nSPS) is 11.3. The van der Waals surface area contributed by atoms with Gasteiger partial charge in [-0.25, -0.2) is 0 Å². The lowest BCUT2D eigenvalue weighted by molar-refractivity contribution is -0.116. The molecule has 0 N–H and O–H groups in total. The van der Waals surface area contributed by atoms with Gasteiger partial charge in [-0.3, -0.25) is 0 Å². The maximum atomic E-state index is 10.7. The summed E-state index contributed by atoms with van der Waals surface area (Å²) in [5, 5.41) is 0. The van der Waals surface area contributed by atoms with Gasteiger partial charge in [0.2, 0.25) is 0 Å². The van der Waals surface area contributed by atoms with E-state index < -0.39 is 0 Å². The average molecular weight is 208 g/mol. The minimum Gasteiger partial charge on any atom is -0.300 e. The quantitative estimate of drug-likeness (QED) is 0.446. The predicted molar refractivity (Wildman–Crippen MR) is 67.0 cm³/mol. The van der Waals surface area contributed by atoms with Crippen molar-refractivity contribution < 1.29 is 4.79 Å². The van der Waals surface area contributed by atoms with Crippen LogP contribution in [-0.4, -0.2) is 5.78 Å². The van der Waals surface area contributed by atoms with Crippen molar-refractivity contribution in [1.29, 1.82) is 0 Å². The Balaban J connectivity index is 3.59. The topological polar surface area (TPSA) is 17.1 Å². The van der Waals surface area contributed by atoms with E-state index in [9.17, 15) is 4.79 Å². The second-order valence-electron chi connectivity index (χ2n) is 4.46. The predicted octanol–water partition coefficient (Wildman–Crippen LogP) is 4.44. The molecular formula is C14H24O. The molecule has 1 heteroatoms. The number of hydrogen-bond acceptors (Lipinski definition) is 1. The molecule has 0 rings (SSSR count). The zero-order valence-corrected chi connectivity index (χ0v) is 10.6. The van der Waals surface area contributed by atoms with Crippen LogP contribution in [0.2, 0.25) is 0 Å². The largest absolute Gasteiger partial charge is 0.300 e. The molecule has 0 amide bonds. The molecule has 1 nitrogen and oxygen atoms in total. The van der Waals surface area contributed by atoms with Gasteiger partial charge in [0.15, 0.2) is 0 Å². The second kappa shape index (κ2) is 8.46. The van der Waals surface area contributed by atoms with Gasteiger partial charge < -0.3 is 4.79 Å². The molecule has 0 aromatic carbocycles. The van der Waals surface area contributed by atoms with E-state index in [1.807, 2.05) is 0 Å². The van der Waals surface area contributed by atoms with Crippen LogP contribution in [0, 0.1) is 0 Å². The summed E-state index contributed by atoms with van der Waals surface area (Å²) in [5.74, 6) is 0.281. The third-order valence-electron chi connectivity index (χ3n) is 2.32. The standard InChI is InChI=1S/C14H24O/c1-12(2)8-5-6-9-13(3)10-7-11-14(4)15/h8,10H,5-7,9,11H2,1-4H3/b13-10-. The minimum absolute atomic E-state index is 0.281. The molecule has 0 saturated carbocycles. The van der Waals surface area contributed by atoms with Crippen LogP contribution in [0.15, 0.2) is 23.3 Å². The molecular weight excluding hydrogens is 184 g/mol. The lowest BCUT2D eigenvalue weighted by Crippen LogP contribution is -1.87. The highest BCUT2D eigenvalue weighted by Crippen LogP contribution is 2.09. The third kappa shape index (κ3) is 11.1. The van der Waals surface area contributed by atoms with Crippen LogP contribution in [0.1, 0.15) is 59.8 Å². The van der Waals surface area contributed by atoms with Gasteiger partial charge in [-0.1, -0.05) is 23.3 Å². The second-order valence-corrected chi connectivity index (χ2v) is 4.46. The number of carbonyl (C=O) groups excluding carboxylic acids is 1. The summed E-state index contributed by atoms with van der Waals surface area (Å²) in [5.41, 5.74) is 2.81. The zero-order valence-electron chi connectivity index (χ0n) is 10.6. The van der Waals surface area contributed by atoms with E-state index >= 15 is 0 Å². The van der Waals surface area contributed by atoms with Crippen molar-refractivity contribution in [3.63, 3.8) is 0 Å². The van der Waals surface area contributed by atoms with E-state index in [4.69, 9.17) is 0 Å². The van der Waals surface area contributed by atoms with Crippen molar-refractivity contribution in [2.45, 2.75) is 59.8 Å². The van der Waals surface area contributed by atoms with E-state index in [0.717, 1.165) is 12.8 Å². The maximum absolute atomic E-state index is 10.7. The fraction of sp³-hybridized carbons (Fsp3) is 0.643. The highest BCUT2D eigenvalue weighted by atomic mass is 16.1. The summed E-state index contributed by atoms with van der Waals surface area (Å²) in [6.45, 7) is 8.08. The van der Waals surface area contributed by atoms with Crippen molar-refractivity contribution in [2.75, 3.05) is 0 Å². The van der Waals surface area contributed by atoms with Gasteiger partial charge >= 0.3 is 0 Å². The maximum Gasteiger partial charge on any atom is 0.130 e. The van der Waals surface area contributed by atoms with Crippen molar-refractivity contribution in [2.24, 2.45) is 0 Å². The SMILES string of the molecule is CC(=O)CC/C=C(/C)CCCC=C(C)C. The summed E-state index contributed by atoms with van der Waals surface area (Å²) in [4.78, 5) is 10.7. The van der Waals surface area contributed by atoms with Crippen molar-refractivity contribution >= 4 is 5.78 Å². The zero-order chi connectivity index (χ0) is 11.7. The first-order valence-electron chi connectivity index (χ1n) is 5.81. The molecule has 0 fully saturated rings. The highest BCUT2D eigenvalue weighted by molar-refractivity contribution is 5.75. The van der Waals surface area contributed by atoms with Gasteiger partial charge in [-0.15, -0.1) is 0 Å². The van der Waals surface area contributed by atoms with Gasteiger partial charge in [0.25, 0.3) is 0 Å². The third-order valence-corrected chi connectivity index (χ3v) is 2.32. The Bertz CT molecular complexity index is 242. The number of carbonyl (C=O) groups is 1. The van der Waals surface area contributed by atoms with E-state index in [0.29, 0.717) is 6.42 Å². The van der Waals surface area contributed by atoms with E-state index in [1.165, 1.54) is 24.0 Å². The summed E-state index contributed by atoms with van der Waals surface area (Å²) in [7, 11) is 0. The smallest absolute Gasteiger partial charge is 0.130 e. The van der Waals surface area contributed by atoms with Crippen LogP contribution >= 0.6 is 0 Å². The van der Waals surface area contributed by atoms with Crippen LogP contribution in [0.25, 0.3) is 0 Å². The van der Waals surface area contributed by atoms with E-state index in [2.05, 4.69) is 32.9 Å². The molecule has 0 unspecified atom stereocenters. The fourth-order valence-corrected chi connectivity index (χ4v) is 1.40. The average Bonchev–Trinajstić information content (AvgIpc) is 2.11. The van der Waals surface area contributed by atoms with E-state index in [-0.39, 0.29) is 5.78 Å². The Hall–Kier alpha value is -0.850. The molecule has 0 saturated heterocycles.